The third kappa shape index (κ3) is 3.44. The lowest BCUT2D eigenvalue weighted by Crippen LogP contribution is -2.32. The van der Waals surface area contributed by atoms with Gasteiger partial charge in [-0.25, -0.2) is 0 Å². The van der Waals surface area contributed by atoms with Gasteiger partial charge in [0.1, 0.15) is 0 Å². The summed E-state index contributed by atoms with van der Waals surface area (Å²) < 4.78 is 0. The van der Waals surface area contributed by atoms with Gasteiger partial charge in [-0.2, -0.15) is 5.10 Å². The molecule has 2 N–H and O–H groups in total. The molecule has 0 aliphatic carbocycles. The van der Waals surface area contributed by atoms with Crippen molar-refractivity contribution in [2.45, 2.75) is 40.3 Å². The van der Waals surface area contributed by atoms with Gasteiger partial charge in [-0.1, -0.05) is 51.1 Å². The average Bonchev–Trinajstić information content (AvgIpc) is 2.75. The van der Waals surface area contributed by atoms with Gasteiger partial charge in [0.15, 0.2) is 0 Å². The molecule has 0 aliphatic rings. The molecule has 1 unspecified atom stereocenters. The van der Waals surface area contributed by atoms with E-state index in [4.69, 9.17) is 0 Å². The predicted molar refractivity (Wildman–Crippen MR) is 78.8 cm³/mol. The van der Waals surface area contributed by atoms with Gasteiger partial charge in [0.05, 0.1) is 6.20 Å². The molecule has 102 valence electrons. The number of hydrogen-bond acceptors (Lipinski definition) is 2. The summed E-state index contributed by atoms with van der Waals surface area (Å²) in [6.07, 6.45) is 1.90. The number of aromatic nitrogens is 2. The first-order chi connectivity index (χ1) is 8.98. The Morgan fingerprint density at radius 3 is 2.42 bits per heavy atom. The molecular weight excluding hydrogens is 234 g/mol. The lowest BCUT2D eigenvalue weighted by atomic mass is 9.82. The first kappa shape index (κ1) is 13.8. The first-order valence-corrected chi connectivity index (χ1v) is 6.75. The van der Waals surface area contributed by atoms with Crippen LogP contribution in [0.2, 0.25) is 0 Å². The molecule has 0 saturated carbocycles. The SMILES string of the molecule is Cc1[nH]ncc1CNC(c1ccccc1)C(C)(C)C. The fourth-order valence-corrected chi connectivity index (χ4v) is 2.34. The summed E-state index contributed by atoms with van der Waals surface area (Å²) in [5.74, 6) is 0. The highest BCUT2D eigenvalue weighted by Gasteiger charge is 2.25. The zero-order chi connectivity index (χ0) is 13.9. The van der Waals surface area contributed by atoms with Crippen LogP contribution >= 0.6 is 0 Å². The molecule has 0 fully saturated rings. The molecule has 19 heavy (non-hydrogen) atoms. The lowest BCUT2D eigenvalue weighted by molar-refractivity contribution is 0.271. The van der Waals surface area contributed by atoms with Crippen LogP contribution in [0.25, 0.3) is 0 Å². The van der Waals surface area contributed by atoms with E-state index in [0.29, 0.717) is 6.04 Å². The molecule has 2 rings (SSSR count). The molecule has 1 aromatic heterocycles. The van der Waals surface area contributed by atoms with E-state index in [1.165, 1.54) is 11.1 Å². The molecule has 0 spiro atoms. The molecule has 0 aliphatic heterocycles. The van der Waals surface area contributed by atoms with Crippen LogP contribution in [0, 0.1) is 12.3 Å². The summed E-state index contributed by atoms with van der Waals surface area (Å²) in [5, 5.41) is 10.7. The molecule has 1 heterocycles. The number of benzene rings is 1. The van der Waals surface area contributed by atoms with Crippen LogP contribution in [0.15, 0.2) is 36.5 Å². The number of nitrogens with zero attached hydrogens (tertiary/aromatic N) is 1. The second-order valence-corrected chi connectivity index (χ2v) is 6.11. The van der Waals surface area contributed by atoms with Crippen molar-refractivity contribution in [1.82, 2.24) is 15.5 Å². The number of rotatable bonds is 4. The summed E-state index contributed by atoms with van der Waals surface area (Å²) in [4.78, 5) is 0. The number of aryl methyl sites for hydroxylation is 1. The van der Waals surface area contributed by atoms with Crippen LogP contribution in [-0.4, -0.2) is 10.2 Å². The van der Waals surface area contributed by atoms with Gasteiger partial charge < -0.3 is 5.32 Å². The Morgan fingerprint density at radius 1 is 1.21 bits per heavy atom. The molecule has 3 heteroatoms. The third-order valence-electron chi connectivity index (χ3n) is 3.43. The summed E-state index contributed by atoms with van der Waals surface area (Å²) >= 11 is 0. The lowest BCUT2D eigenvalue weighted by Gasteiger charge is -2.32. The zero-order valence-corrected chi connectivity index (χ0v) is 12.2. The summed E-state index contributed by atoms with van der Waals surface area (Å²) in [6, 6.07) is 10.9. The molecule has 0 amide bonds. The van der Waals surface area contributed by atoms with E-state index in [9.17, 15) is 0 Å². The minimum Gasteiger partial charge on any atom is -0.305 e. The Bertz CT molecular complexity index is 508. The molecule has 2 aromatic rings. The maximum Gasteiger partial charge on any atom is 0.0535 e. The van der Waals surface area contributed by atoms with Crippen LogP contribution in [0.3, 0.4) is 0 Å². The van der Waals surface area contributed by atoms with Crippen molar-refractivity contribution < 1.29 is 0 Å². The first-order valence-electron chi connectivity index (χ1n) is 6.75. The molecular formula is C16H23N3. The molecule has 1 atom stereocenters. The van der Waals surface area contributed by atoms with Gasteiger partial charge >= 0.3 is 0 Å². The maximum absolute atomic E-state index is 4.07. The van der Waals surface area contributed by atoms with Gasteiger partial charge in [0.2, 0.25) is 0 Å². The highest BCUT2D eigenvalue weighted by molar-refractivity contribution is 5.22. The molecule has 0 bridgehead atoms. The highest BCUT2D eigenvalue weighted by Crippen LogP contribution is 2.32. The van der Waals surface area contributed by atoms with Crippen molar-refractivity contribution in [3.05, 3.63) is 53.3 Å². The topological polar surface area (TPSA) is 40.7 Å². The smallest absolute Gasteiger partial charge is 0.0535 e. The highest BCUT2D eigenvalue weighted by atomic mass is 15.1. The van der Waals surface area contributed by atoms with Crippen LogP contribution < -0.4 is 5.32 Å². The minimum absolute atomic E-state index is 0.166. The standard InChI is InChI=1S/C16H23N3/c1-12-14(11-18-19-12)10-17-15(16(2,3)4)13-8-6-5-7-9-13/h5-9,11,15,17H,10H2,1-4H3,(H,18,19). The zero-order valence-electron chi connectivity index (χ0n) is 12.2. The van der Waals surface area contributed by atoms with Gasteiger partial charge in [0, 0.05) is 23.8 Å². The average molecular weight is 257 g/mol. The minimum atomic E-state index is 0.166. The number of hydrogen-bond donors (Lipinski definition) is 2. The van der Waals surface area contributed by atoms with E-state index in [2.05, 4.69) is 73.5 Å². The second kappa shape index (κ2) is 5.57. The van der Waals surface area contributed by atoms with Crippen molar-refractivity contribution in [3.63, 3.8) is 0 Å². The molecule has 0 saturated heterocycles. The Labute approximate surface area is 115 Å². The number of H-pyrrole nitrogens is 1. The number of nitrogens with one attached hydrogen (secondary N) is 2. The molecule has 3 nitrogen and oxygen atoms in total. The van der Waals surface area contributed by atoms with Crippen molar-refractivity contribution >= 4 is 0 Å². The maximum atomic E-state index is 4.07. The van der Waals surface area contributed by atoms with Crippen LogP contribution in [-0.2, 0) is 6.54 Å². The van der Waals surface area contributed by atoms with Gasteiger partial charge in [-0.05, 0) is 17.9 Å². The van der Waals surface area contributed by atoms with E-state index in [1.54, 1.807) is 0 Å². The summed E-state index contributed by atoms with van der Waals surface area (Å²) in [7, 11) is 0. The fraction of sp³-hybridized carbons (Fsp3) is 0.438. The predicted octanol–water partition coefficient (Wildman–Crippen LogP) is 3.60. The third-order valence-corrected chi connectivity index (χ3v) is 3.43. The summed E-state index contributed by atoms with van der Waals surface area (Å²) in [6.45, 7) is 9.68. The second-order valence-electron chi connectivity index (χ2n) is 6.11. The van der Waals surface area contributed by atoms with Gasteiger partial charge in [-0.15, -0.1) is 0 Å². The van der Waals surface area contributed by atoms with Crippen LogP contribution in [0.4, 0.5) is 0 Å². The van der Waals surface area contributed by atoms with Crippen molar-refractivity contribution in [2.24, 2.45) is 5.41 Å². The van der Waals surface area contributed by atoms with Crippen molar-refractivity contribution in [3.8, 4) is 0 Å². The van der Waals surface area contributed by atoms with Crippen LogP contribution in [0.5, 0.6) is 0 Å². The van der Waals surface area contributed by atoms with Crippen molar-refractivity contribution in [2.75, 3.05) is 0 Å². The van der Waals surface area contributed by atoms with Gasteiger partial charge in [-0.3, -0.25) is 5.10 Å². The normalized spacial score (nSPS) is 13.5. The Hall–Kier alpha value is -1.61. The van der Waals surface area contributed by atoms with E-state index in [1.807, 2.05) is 6.20 Å². The monoisotopic (exact) mass is 257 g/mol. The molecule has 0 radical (unpaired) electrons. The Kier molecular flexibility index (Phi) is 4.05. The number of aromatic amines is 1. The van der Waals surface area contributed by atoms with E-state index in [0.717, 1.165) is 12.2 Å². The Morgan fingerprint density at radius 2 is 1.89 bits per heavy atom. The fourth-order valence-electron chi connectivity index (χ4n) is 2.34. The molecule has 1 aromatic carbocycles. The van der Waals surface area contributed by atoms with E-state index >= 15 is 0 Å². The van der Waals surface area contributed by atoms with Gasteiger partial charge in [0.25, 0.3) is 0 Å². The summed E-state index contributed by atoms with van der Waals surface area (Å²) in [5.41, 5.74) is 3.86. The van der Waals surface area contributed by atoms with E-state index in [-0.39, 0.29) is 5.41 Å². The van der Waals surface area contributed by atoms with Crippen molar-refractivity contribution in [1.29, 1.82) is 0 Å². The quantitative estimate of drug-likeness (QED) is 0.878. The van der Waals surface area contributed by atoms with E-state index < -0.39 is 0 Å². The Balaban J connectivity index is 2.14. The largest absolute Gasteiger partial charge is 0.305 e. The van der Waals surface area contributed by atoms with Crippen LogP contribution in [0.1, 0.15) is 43.6 Å².